The molecule has 1 aromatic carbocycles. The highest BCUT2D eigenvalue weighted by atomic mass is 32.1. The lowest BCUT2D eigenvalue weighted by Gasteiger charge is -2.38. The van der Waals surface area contributed by atoms with Gasteiger partial charge in [-0.25, -0.2) is 4.39 Å². The molecule has 1 atom stereocenters. The number of halogens is 1. The van der Waals surface area contributed by atoms with Crippen molar-refractivity contribution in [1.82, 2.24) is 15.0 Å². The van der Waals surface area contributed by atoms with Gasteiger partial charge in [-0.05, 0) is 48.6 Å². The van der Waals surface area contributed by atoms with Crippen LogP contribution >= 0.6 is 11.3 Å². The Bertz CT molecular complexity index is 907. The van der Waals surface area contributed by atoms with E-state index < -0.39 is 0 Å². The van der Waals surface area contributed by atoms with Crippen molar-refractivity contribution in [3.8, 4) is 11.5 Å². The van der Waals surface area contributed by atoms with Crippen LogP contribution in [0.5, 0.6) is 0 Å². The fraction of sp³-hybridized carbons (Fsp3) is 0.316. The zero-order chi connectivity index (χ0) is 18.1. The van der Waals surface area contributed by atoms with Crippen LogP contribution in [0, 0.1) is 5.82 Å². The highest BCUT2D eigenvalue weighted by Gasteiger charge is 2.38. The predicted octanol–water partition coefficient (Wildman–Crippen LogP) is 4.13. The summed E-state index contributed by atoms with van der Waals surface area (Å²) < 4.78 is 18.5. The van der Waals surface area contributed by atoms with Gasteiger partial charge in [0.15, 0.2) is 5.82 Å². The molecule has 3 aromatic rings. The Labute approximate surface area is 154 Å². The van der Waals surface area contributed by atoms with Crippen molar-refractivity contribution in [2.75, 3.05) is 13.1 Å². The molecule has 1 aliphatic rings. The molecule has 7 heteroatoms. The Hall–Kier alpha value is -2.54. The van der Waals surface area contributed by atoms with E-state index in [0.717, 1.165) is 24.9 Å². The molecule has 0 spiro atoms. The summed E-state index contributed by atoms with van der Waals surface area (Å²) in [6.45, 7) is 3.33. The van der Waals surface area contributed by atoms with E-state index in [0.29, 0.717) is 23.8 Å². The monoisotopic (exact) mass is 371 g/mol. The van der Waals surface area contributed by atoms with E-state index in [1.807, 2.05) is 21.7 Å². The summed E-state index contributed by atoms with van der Waals surface area (Å²) >= 11 is 1.52. The van der Waals surface area contributed by atoms with Crippen LogP contribution in [0.25, 0.3) is 11.5 Å². The molecule has 0 radical (unpaired) electrons. The lowest BCUT2D eigenvalue weighted by Crippen LogP contribution is -2.47. The van der Waals surface area contributed by atoms with Crippen molar-refractivity contribution in [2.24, 2.45) is 0 Å². The number of amides is 1. The smallest absolute Gasteiger partial charge is 0.257 e. The van der Waals surface area contributed by atoms with E-state index in [4.69, 9.17) is 4.52 Å². The molecule has 2 aromatic heterocycles. The second kappa shape index (κ2) is 6.64. The molecule has 134 valence electrons. The molecule has 0 saturated carbocycles. The van der Waals surface area contributed by atoms with E-state index in [2.05, 4.69) is 17.1 Å². The molecule has 1 unspecified atom stereocenters. The minimum atomic E-state index is -0.369. The standard InChI is InChI=1S/C19H18FN3O2S/c1-19(8-2-9-23(12-19)17(24)14-7-10-26-11-14)18-21-16(25-22-18)13-3-5-15(20)6-4-13/h3-7,10-11H,2,8-9,12H2,1H3. The van der Waals surface area contributed by atoms with Gasteiger partial charge in [0.25, 0.3) is 11.8 Å². The fourth-order valence-corrected chi connectivity index (χ4v) is 3.97. The molecule has 1 amide bonds. The maximum atomic E-state index is 13.1. The van der Waals surface area contributed by atoms with Gasteiger partial charge >= 0.3 is 0 Å². The lowest BCUT2D eigenvalue weighted by atomic mass is 9.81. The van der Waals surface area contributed by atoms with E-state index >= 15 is 0 Å². The van der Waals surface area contributed by atoms with Gasteiger partial charge in [0.2, 0.25) is 0 Å². The summed E-state index contributed by atoms with van der Waals surface area (Å²) in [5.74, 6) is 0.678. The van der Waals surface area contributed by atoms with Crippen LogP contribution in [-0.2, 0) is 5.41 Å². The number of carbonyl (C=O) groups is 1. The largest absolute Gasteiger partial charge is 0.338 e. The van der Waals surface area contributed by atoms with Crippen LogP contribution in [0.3, 0.4) is 0 Å². The zero-order valence-electron chi connectivity index (χ0n) is 14.3. The van der Waals surface area contributed by atoms with Gasteiger partial charge in [0.1, 0.15) is 5.82 Å². The predicted molar refractivity (Wildman–Crippen MR) is 96.5 cm³/mol. The Kier molecular flexibility index (Phi) is 4.32. The van der Waals surface area contributed by atoms with Gasteiger partial charge in [-0.15, -0.1) is 0 Å². The van der Waals surface area contributed by atoms with Gasteiger partial charge in [-0.3, -0.25) is 4.79 Å². The molecule has 0 N–H and O–H groups in total. The third-order valence-corrected chi connectivity index (χ3v) is 5.49. The summed E-state index contributed by atoms with van der Waals surface area (Å²) in [6.07, 6.45) is 1.76. The minimum Gasteiger partial charge on any atom is -0.338 e. The minimum absolute atomic E-state index is 0.0411. The van der Waals surface area contributed by atoms with E-state index in [9.17, 15) is 9.18 Å². The lowest BCUT2D eigenvalue weighted by molar-refractivity contribution is 0.0642. The van der Waals surface area contributed by atoms with Crippen LogP contribution in [0.2, 0.25) is 0 Å². The first-order chi connectivity index (χ1) is 12.5. The third-order valence-electron chi connectivity index (χ3n) is 4.81. The quantitative estimate of drug-likeness (QED) is 0.695. The molecule has 3 heterocycles. The molecule has 0 bridgehead atoms. The maximum Gasteiger partial charge on any atom is 0.257 e. The number of piperidine rings is 1. The third kappa shape index (κ3) is 3.14. The van der Waals surface area contributed by atoms with Gasteiger partial charge in [-0.2, -0.15) is 16.3 Å². The van der Waals surface area contributed by atoms with Crippen molar-refractivity contribution in [3.63, 3.8) is 0 Å². The first kappa shape index (κ1) is 16.9. The van der Waals surface area contributed by atoms with Crippen molar-refractivity contribution in [2.45, 2.75) is 25.2 Å². The van der Waals surface area contributed by atoms with Crippen molar-refractivity contribution >= 4 is 17.2 Å². The summed E-state index contributed by atoms with van der Waals surface area (Å²) in [5.41, 5.74) is 1.03. The number of carbonyl (C=O) groups excluding carboxylic acids is 1. The number of rotatable bonds is 3. The van der Waals surface area contributed by atoms with Crippen LogP contribution in [-0.4, -0.2) is 34.0 Å². The fourth-order valence-electron chi connectivity index (χ4n) is 3.34. The summed E-state index contributed by atoms with van der Waals surface area (Å²) in [5, 5.41) is 7.93. The van der Waals surface area contributed by atoms with Gasteiger partial charge in [0.05, 0.1) is 5.56 Å². The molecule has 26 heavy (non-hydrogen) atoms. The van der Waals surface area contributed by atoms with Crippen molar-refractivity contribution in [1.29, 1.82) is 0 Å². The molecular formula is C19H18FN3O2S. The van der Waals surface area contributed by atoms with Gasteiger partial charge < -0.3 is 9.42 Å². The second-order valence-corrected chi connectivity index (χ2v) is 7.61. The van der Waals surface area contributed by atoms with E-state index in [1.165, 1.54) is 23.5 Å². The molecule has 1 saturated heterocycles. The Morgan fingerprint density at radius 2 is 2.12 bits per heavy atom. The molecular weight excluding hydrogens is 353 g/mol. The topological polar surface area (TPSA) is 59.2 Å². The molecule has 1 aliphatic heterocycles. The first-order valence-corrected chi connectivity index (χ1v) is 9.41. The molecule has 1 fully saturated rings. The highest BCUT2D eigenvalue weighted by molar-refractivity contribution is 7.08. The Morgan fingerprint density at radius 3 is 2.85 bits per heavy atom. The molecule has 0 aliphatic carbocycles. The number of thiophene rings is 1. The number of likely N-dealkylation sites (tertiary alicyclic amines) is 1. The second-order valence-electron chi connectivity index (χ2n) is 6.83. The van der Waals surface area contributed by atoms with Crippen molar-refractivity contribution in [3.05, 3.63) is 58.3 Å². The normalized spacial score (nSPS) is 20.3. The van der Waals surface area contributed by atoms with Crippen LogP contribution < -0.4 is 0 Å². The number of nitrogens with zero attached hydrogens (tertiary/aromatic N) is 3. The van der Waals surface area contributed by atoms with E-state index in [-0.39, 0.29) is 17.1 Å². The number of aromatic nitrogens is 2. The zero-order valence-corrected chi connectivity index (χ0v) is 15.1. The number of hydrogen-bond acceptors (Lipinski definition) is 5. The SMILES string of the molecule is CC1(c2noc(-c3ccc(F)cc3)n2)CCCN(C(=O)c2ccsc2)C1. The van der Waals surface area contributed by atoms with Gasteiger partial charge in [-0.1, -0.05) is 12.1 Å². The summed E-state index contributed by atoms with van der Waals surface area (Å²) in [7, 11) is 0. The average molecular weight is 371 g/mol. The molecule has 5 nitrogen and oxygen atoms in total. The average Bonchev–Trinajstić information content (AvgIpc) is 3.34. The summed E-state index contributed by atoms with van der Waals surface area (Å²) in [4.78, 5) is 19.1. The first-order valence-electron chi connectivity index (χ1n) is 8.47. The number of benzene rings is 1. The van der Waals surface area contributed by atoms with Crippen LogP contribution in [0.15, 0.2) is 45.6 Å². The van der Waals surface area contributed by atoms with Gasteiger partial charge in [0, 0.05) is 29.4 Å². The number of hydrogen-bond donors (Lipinski definition) is 0. The Balaban J connectivity index is 1.56. The van der Waals surface area contributed by atoms with Crippen LogP contribution in [0.4, 0.5) is 4.39 Å². The molecule has 4 rings (SSSR count). The van der Waals surface area contributed by atoms with Crippen LogP contribution in [0.1, 0.15) is 35.9 Å². The summed E-state index contributed by atoms with van der Waals surface area (Å²) in [6, 6.07) is 7.80. The van der Waals surface area contributed by atoms with E-state index in [1.54, 1.807) is 12.1 Å². The van der Waals surface area contributed by atoms with Crippen molar-refractivity contribution < 1.29 is 13.7 Å². The Morgan fingerprint density at radius 1 is 1.31 bits per heavy atom. The highest BCUT2D eigenvalue weighted by Crippen LogP contribution is 2.33. The maximum absolute atomic E-state index is 13.1.